The molecule has 2 amide bonds. The summed E-state index contributed by atoms with van der Waals surface area (Å²) in [4.78, 5) is 23.4. The van der Waals surface area contributed by atoms with Crippen LogP contribution in [0.5, 0.6) is 0 Å². The summed E-state index contributed by atoms with van der Waals surface area (Å²) in [5.74, 6) is -0.758. The number of alkyl halides is 3. The summed E-state index contributed by atoms with van der Waals surface area (Å²) in [6.07, 6.45) is 0. The number of benzene rings is 1. The Labute approximate surface area is 136 Å². The van der Waals surface area contributed by atoms with Gasteiger partial charge in [0.1, 0.15) is 6.04 Å². The lowest BCUT2D eigenvalue weighted by Gasteiger charge is -2.20. The van der Waals surface area contributed by atoms with E-state index < -0.39 is 23.6 Å². The second-order valence-corrected chi connectivity index (χ2v) is 6.05. The highest BCUT2D eigenvalue weighted by Gasteiger charge is 2.29. The van der Waals surface area contributed by atoms with Crippen LogP contribution in [-0.2, 0) is 9.53 Å². The van der Waals surface area contributed by atoms with Crippen LogP contribution < -0.4 is 10.6 Å². The Balaban J connectivity index is 2.65. The van der Waals surface area contributed by atoms with Gasteiger partial charge in [-0.2, -0.15) is 13.2 Å². The van der Waals surface area contributed by atoms with Crippen molar-refractivity contribution in [2.45, 2.75) is 30.3 Å². The lowest BCUT2D eigenvalue weighted by Crippen LogP contribution is -2.46. The third-order valence-electron chi connectivity index (χ3n) is 2.75. The van der Waals surface area contributed by atoms with Crippen molar-refractivity contribution in [1.82, 2.24) is 5.32 Å². The quantitative estimate of drug-likeness (QED) is 0.629. The van der Waals surface area contributed by atoms with Crippen molar-refractivity contribution in [1.29, 1.82) is 0 Å². The first-order valence-electron chi connectivity index (χ1n) is 6.63. The van der Waals surface area contributed by atoms with Gasteiger partial charge in [-0.1, -0.05) is 13.8 Å². The molecule has 2 N–H and O–H groups in total. The maximum Gasteiger partial charge on any atom is 0.446 e. The number of hydrogen-bond acceptors (Lipinski definition) is 4. The van der Waals surface area contributed by atoms with E-state index >= 15 is 0 Å². The van der Waals surface area contributed by atoms with Gasteiger partial charge in [0.15, 0.2) is 0 Å². The van der Waals surface area contributed by atoms with E-state index in [1.807, 2.05) is 0 Å². The Kier molecular flexibility index (Phi) is 6.74. The third kappa shape index (κ3) is 6.81. The van der Waals surface area contributed by atoms with Crippen molar-refractivity contribution >= 4 is 29.4 Å². The maximum absolute atomic E-state index is 12.2. The molecular formula is C14H17F3N2O3S. The van der Waals surface area contributed by atoms with Gasteiger partial charge in [0.2, 0.25) is 0 Å². The van der Waals surface area contributed by atoms with Crippen LogP contribution in [0.25, 0.3) is 0 Å². The Bertz CT molecular complexity index is 547. The van der Waals surface area contributed by atoms with E-state index in [4.69, 9.17) is 0 Å². The predicted molar refractivity (Wildman–Crippen MR) is 81.2 cm³/mol. The molecule has 0 radical (unpaired) electrons. The summed E-state index contributed by atoms with van der Waals surface area (Å²) in [6.45, 7) is 3.48. The fourth-order valence-corrected chi connectivity index (χ4v) is 2.21. The Morgan fingerprint density at radius 2 is 1.74 bits per heavy atom. The van der Waals surface area contributed by atoms with Gasteiger partial charge in [0, 0.05) is 10.6 Å². The van der Waals surface area contributed by atoms with E-state index in [2.05, 4.69) is 15.4 Å². The fraction of sp³-hybridized carbons (Fsp3) is 0.429. The number of urea groups is 1. The number of carbonyl (C=O) groups is 2. The number of anilines is 1. The summed E-state index contributed by atoms with van der Waals surface area (Å²) in [5.41, 5.74) is -4.06. The number of hydrogen-bond donors (Lipinski definition) is 2. The van der Waals surface area contributed by atoms with Crippen LogP contribution in [0.15, 0.2) is 29.2 Å². The van der Waals surface area contributed by atoms with Crippen molar-refractivity contribution in [3.05, 3.63) is 24.3 Å². The van der Waals surface area contributed by atoms with Crippen molar-refractivity contribution in [2.75, 3.05) is 12.4 Å². The van der Waals surface area contributed by atoms with Gasteiger partial charge in [0.25, 0.3) is 0 Å². The van der Waals surface area contributed by atoms with Crippen LogP contribution in [0.3, 0.4) is 0 Å². The minimum Gasteiger partial charge on any atom is -0.467 e. The molecule has 0 aliphatic carbocycles. The number of amides is 2. The molecule has 0 aliphatic rings. The van der Waals surface area contributed by atoms with E-state index in [1.54, 1.807) is 13.8 Å². The molecule has 0 fully saturated rings. The molecule has 1 unspecified atom stereocenters. The van der Waals surface area contributed by atoms with Crippen LogP contribution in [0.4, 0.5) is 23.7 Å². The second kappa shape index (κ2) is 8.09. The molecule has 5 nitrogen and oxygen atoms in total. The molecule has 0 spiro atoms. The minimum atomic E-state index is -4.36. The molecule has 0 saturated carbocycles. The van der Waals surface area contributed by atoms with Crippen LogP contribution in [0.1, 0.15) is 13.8 Å². The van der Waals surface area contributed by atoms with Crippen molar-refractivity contribution in [2.24, 2.45) is 5.92 Å². The summed E-state index contributed by atoms with van der Waals surface area (Å²) >= 11 is -0.240. The molecule has 0 bridgehead atoms. The number of halogens is 3. The Hall–Kier alpha value is -1.90. The number of carbonyl (C=O) groups excluding carboxylic acids is 2. The SMILES string of the molecule is COC(=O)C(NC(=O)Nc1ccc(SC(F)(F)F)cc1)C(C)C. The van der Waals surface area contributed by atoms with Crippen LogP contribution in [-0.4, -0.2) is 30.7 Å². The first-order valence-corrected chi connectivity index (χ1v) is 7.45. The summed E-state index contributed by atoms with van der Waals surface area (Å²) in [6, 6.07) is 3.71. The Morgan fingerprint density at radius 3 is 2.17 bits per heavy atom. The topological polar surface area (TPSA) is 67.4 Å². The smallest absolute Gasteiger partial charge is 0.446 e. The second-order valence-electron chi connectivity index (χ2n) is 4.92. The molecule has 0 heterocycles. The molecule has 1 rings (SSSR count). The molecule has 1 aromatic rings. The fourth-order valence-electron chi connectivity index (χ4n) is 1.67. The molecule has 128 valence electrons. The Morgan fingerprint density at radius 1 is 1.17 bits per heavy atom. The summed E-state index contributed by atoms with van der Waals surface area (Å²) in [5, 5.41) is 4.91. The molecule has 1 atom stereocenters. The highest BCUT2D eigenvalue weighted by atomic mass is 32.2. The van der Waals surface area contributed by atoms with Gasteiger partial charge in [-0.05, 0) is 41.9 Å². The van der Waals surface area contributed by atoms with Gasteiger partial charge in [-0.15, -0.1) is 0 Å². The lowest BCUT2D eigenvalue weighted by molar-refractivity contribution is -0.143. The predicted octanol–water partition coefficient (Wildman–Crippen LogP) is 3.62. The number of ether oxygens (including phenoxy) is 1. The van der Waals surface area contributed by atoms with Gasteiger partial charge in [0.05, 0.1) is 7.11 Å². The van der Waals surface area contributed by atoms with E-state index in [0.29, 0.717) is 5.69 Å². The minimum absolute atomic E-state index is 0.0121. The number of esters is 1. The monoisotopic (exact) mass is 350 g/mol. The molecule has 23 heavy (non-hydrogen) atoms. The third-order valence-corrected chi connectivity index (χ3v) is 3.49. The largest absolute Gasteiger partial charge is 0.467 e. The normalized spacial score (nSPS) is 12.7. The molecule has 1 aromatic carbocycles. The average molecular weight is 350 g/mol. The first kappa shape index (κ1) is 19.1. The lowest BCUT2D eigenvalue weighted by atomic mass is 10.1. The van der Waals surface area contributed by atoms with E-state index in [1.165, 1.54) is 31.4 Å². The zero-order chi connectivity index (χ0) is 17.6. The zero-order valence-electron chi connectivity index (χ0n) is 12.7. The van der Waals surface area contributed by atoms with Gasteiger partial charge < -0.3 is 15.4 Å². The maximum atomic E-state index is 12.2. The van der Waals surface area contributed by atoms with Crippen molar-refractivity contribution < 1.29 is 27.5 Å². The van der Waals surface area contributed by atoms with Crippen LogP contribution in [0.2, 0.25) is 0 Å². The van der Waals surface area contributed by atoms with Gasteiger partial charge in [-0.25, -0.2) is 9.59 Å². The first-order chi connectivity index (χ1) is 10.6. The van der Waals surface area contributed by atoms with Crippen molar-refractivity contribution in [3.63, 3.8) is 0 Å². The number of thioether (sulfide) groups is 1. The number of nitrogens with one attached hydrogen (secondary N) is 2. The molecule has 0 saturated heterocycles. The summed E-state index contributed by atoms with van der Waals surface area (Å²) in [7, 11) is 1.22. The molecule has 0 aliphatic heterocycles. The zero-order valence-corrected chi connectivity index (χ0v) is 13.5. The van der Waals surface area contributed by atoms with E-state index in [-0.39, 0.29) is 22.6 Å². The number of rotatable bonds is 5. The van der Waals surface area contributed by atoms with Gasteiger partial charge >= 0.3 is 17.5 Å². The highest BCUT2D eigenvalue weighted by Crippen LogP contribution is 2.36. The van der Waals surface area contributed by atoms with Crippen LogP contribution >= 0.6 is 11.8 Å². The molecular weight excluding hydrogens is 333 g/mol. The van der Waals surface area contributed by atoms with Crippen LogP contribution in [0, 0.1) is 5.92 Å². The van der Waals surface area contributed by atoms with E-state index in [9.17, 15) is 22.8 Å². The van der Waals surface area contributed by atoms with Gasteiger partial charge in [-0.3, -0.25) is 0 Å². The average Bonchev–Trinajstić information content (AvgIpc) is 2.44. The molecule has 9 heteroatoms. The molecule has 0 aromatic heterocycles. The number of methoxy groups -OCH3 is 1. The van der Waals surface area contributed by atoms with Crippen molar-refractivity contribution in [3.8, 4) is 0 Å². The standard InChI is InChI=1S/C14H17F3N2O3S/c1-8(2)11(12(20)22-3)19-13(21)18-9-4-6-10(7-5-9)23-14(15,16)17/h4-8,11H,1-3H3,(H2,18,19,21). The summed E-state index contributed by atoms with van der Waals surface area (Å²) < 4.78 is 41.3. The highest BCUT2D eigenvalue weighted by molar-refractivity contribution is 8.00. The van der Waals surface area contributed by atoms with E-state index in [0.717, 1.165) is 0 Å².